The standard InChI is InChI=1S/C51H58O2/c1-28(2)36-23-40(30(5)6)46(41(24-36)31(7)8)44-21-34-17-13-15-19-38(34)48-49-39-20-16-14-18-35(39)22-45(51(49)53-27-52-50(44)48)47-42(32(9)10)25-37(29(3)4)26-43(47)33(11)12/h13-26,28-33H,27H2,1-12H3. The lowest BCUT2D eigenvalue weighted by Gasteiger charge is -2.26. The van der Waals surface area contributed by atoms with Gasteiger partial charge in [-0.1, -0.05) is 156 Å². The van der Waals surface area contributed by atoms with Crippen LogP contribution in [0.25, 0.3) is 54.9 Å². The molecule has 1 aliphatic rings. The molecule has 0 aromatic heterocycles. The van der Waals surface area contributed by atoms with Crippen molar-refractivity contribution in [2.75, 3.05) is 6.79 Å². The van der Waals surface area contributed by atoms with Gasteiger partial charge in [0, 0.05) is 22.3 Å². The molecule has 0 fully saturated rings. The first-order valence-corrected chi connectivity index (χ1v) is 20.0. The molecule has 0 N–H and O–H groups in total. The van der Waals surface area contributed by atoms with Crippen molar-refractivity contribution in [3.63, 3.8) is 0 Å². The molecule has 0 aliphatic carbocycles. The van der Waals surface area contributed by atoms with Crippen molar-refractivity contribution in [2.45, 2.75) is 119 Å². The molecule has 0 radical (unpaired) electrons. The van der Waals surface area contributed by atoms with E-state index >= 15 is 0 Å². The third-order valence-electron chi connectivity index (χ3n) is 11.5. The average molecular weight is 703 g/mol. The maximum atomic E-state index is 7.00. The Labute approximate surface area is 318 Å². The van der Waals surface area contributed by atoms with Crippen LogP contribution in [0.1, 0.15) is 152 Å². The lowest BCUT2D eigenvalue weighted by Crippen LogP contribution is -2.08. The van der Waals surface area contributed by atoms with Gasteiger partial charge in [0.1, 0.15) is 11.5 Å². The summed E-state index contributed by atoms with van der Waals surface area (Å²) < 4.78 is 14.0. The van der Waals surface area contributed by atoms with E-state index in [2.05, 4.69) is 168 Å². The van der Waals surface area contributed by atoms with E-state index in [9.17, 15) is 0 Å². The predicted octanol–water partition coefficient (Wildman–Crippen LogP) is 15.5. The fourth-order valence-electron chi connectivity index (χ4n) is 8.51. The van der Waals surface area contributed by atoms with Gasteiger partial charge >= 0.3 is 0 Å². The zero-order valence-electron chi connectivity index (χ0n) is 34.1. The number of ether oxygens (including phenoxy) is 2. The van der Waals surface area contributed by atoms with E-state index in [-0.39, 0.29) is 6.79 Å². The molecule has 0 bridgehead atoms. The quantitative estimate of drug-likeness (QED) is 0.157. The third-order valence-corrected chi connectivity index (χ3v) is 11.5. The summed E-state index contributed by atoms with van der Waals surface area (Å²) in [7, 11) is 0. The van der Waals surface area contributed by atoms with Crippen LogP contribution in [0.2, 0.25) is 0 Å². The van der Waals surface area contributed by atoms with Gasteiger partial charge in [0.25, 0.3) is 0 Å². The summed E-state index contributed by atoms with van der Waals surface area (Å²) >= 11 is 0. The van der Waals surface area contributed by atoms with Gasteiger partial charge in [-0.15, -0.1) is 0 Å². The Morgan fingerprint density at radius 2 is 0.698 bits per heavy atom. The van der Waals surface area contributed by atoms with Crippen molar-refractivity contribution >= 4 is 21.5 Å². The Morgan fingerprint density at radius 1 is 0.377 bits per heavy atom. The monoisotopic (exact) mass is 702 g/mol. The molecule has 0 spiro atoms. The Hall–Kier alpha value is -4.56. The van der Waals surface area contributed by atoms with Gasteiger partial charge in [0.05, 0.1) is 0 Å². The summed E-state index contributed by atoms with van der Waals surface area (Å²) in [5.74, 6) is 4.05. The van der Waals surface area contributed by atoms with Crippen LogP contribution in [0.5, 0.6) is 11.5 Å². The van der Waals surface area contributed by atoms with E-state index in [0.717, 1.165) is 33.8 Å². The van der Waals surface area contributed by atoms with Gasteiger partial charge in [-0.25, -0.2) is 0 Å². The molecule has 0 saturated carbocycles. The summed E-state index contributed by atoms with van der Waals surface area (Å²) in [6.45, 7) is 28.0. The van der Waals surface area contributed by atoms with E-state index in [4.69, 9.17) is 9.47 Å². The zero-order valence-corrected chi connectivity index (χ0v) is 34.1. The van der Waals surface area contributed by atoms with Gasteiger partial charge in [0.2, 0.25) is 6.79 Å². The van der Waals surface area contributed by atoms with Gasteiger partial charge < -0.3 is 9.47 Å². The third kappa shape index (κ3) is 6.43. The van der Waals surface area contributed by atoms with Crippen LogP contribution in [0, 0.1) is 0 Å². The van der Waals surface area contributed by atoms with Crippen molar-refractivity contribution in [1.82, 2.24) is 0 Å². The van der Waals surface area contributed by atoms with E-state index in [0.29, 0.717) is 35.5 Å². The Morgan fingerprint density at radius 3 is 1.00 bits per heavy atom. The molecule has 53 heavy (non-hydrogen) atoms. The van der Waals surface area contributed by atoms with Crippen molar-refractivity contribution in [2.24, 2.45) is 0 Å². The molecule has 7 rings (SSSR count). The molecule has 1 heterocycles. The predicted molar refractivity (Wildman–Crippen MR) is 228 cm³/mol. The highest BCUT2D eigenvalue weighted by molar-refractivity contribution is 6.14. The maximum Gasteiger partial charge on any atom is 0.231 e. The first kappa shape index (κ1) is 36.8. The van der Waals surface area contributed by atoms with E-state index in [1.807, 2.05) is 0 Å². The van der Waals surface area contributed by atoms with Crippen molar-refractivity contribution < 1.29 is 9.47 Å². The molecule has 2 nitrogen and oxygen atoms in total. The highest BCUT2D eigenvalue weighted by Gasteiger charge is 2.32. The van der Waals surface area contributed by atoms with E-state index < -0.39 is 0 Å². The minimum atomic E-state index is 0.132. The van der Waals surface area contributed by atoms with E-state index in [1.54, 1.807) is 0 Å². The first-order valence-electron chi connectivity index (χ1n) is 20.0. The molecule has 274 valence electrons. The van der Waals surface area contributed by atoms with Crippen LogP contribution in [0.4, 0.5) is 0 Å². The van der Waals surface area contributed by atoms with E-state index in [1.165, 1.54) is 66.1 Å². The highest BCUT2D eigenvalue weighted by atomic mass is 16.7. The minimum Gasteiger partial charge on any atom is -0.456 e. The van der Waals surface area contributed by atoms with Crippen LogP contribution in [0.3, 0.4) is 0 Å². The molecule has 2 heteroatoms. The molecular weight excluding hydrogens is 645 g/mol. The van der Waals surface area contributed by atoms with Crippen LogP contribution in [0.15, 0.2) is 84.9 Å². The lowest BCUT2D eigenvalue weighted by molar-refractivity contribution is 0.126. The number of rotatable bonds is 8. The first-order chi connectivity index (χ1) is 25.3. The molecular formula is C51H58O2. The van der Waals surface area contributed by atoms with Crippen molar-refractivity contribution in [3.05, 3.63) is 118 Å². The van der Waals surface area contributed by atoms with Crippen LogP contribution >= 0.6 is 0 Å². The summed E-state index contributed by atoms with van der Waals surface area (Å²) in [4.78, 5) is 0. The molecule has 0 atom stereocenters. The van der Waals surface area contributed by atoms with Crippen molar-refractivity contribution in [1.29, 1.82) is 0 Å². The summed E-state index contributed by atoms with van der Waals surface area (Å²) in [6, 6.07) is 32.3. The number of hydrogen-bond acceptors (Lipinski definition) is 2. The van der Waals surface area contributed by atoms with Crippen LogP contribution < -0.4 is 9.47 Å². The summed E-state index contributed by atoms with van der Waals surface area (Å²) in [6.07, 6.45) is 0. The molecule has 6 aromatic rings. The summed E-state index contributed by atoms with van der Waals surface area (Å²) in [5, 5.41) is 4.77. The van der Waals surface area contributed by atoms with Gasteiger partial charge in [-0.05, 0) is 114 Å². The topological polar surface area (TPSA) is 18.5 Å². The minimum absolute atomic E-state index is 0.132. The van der Waals surface area contributed by atoms with Gasteiger partial charge in [0.15, 0.2) is 0 Å². The Bertz CT molecular complexity index is 2110. The molecule has 6 aromatic carbocycles. The number of hydrogen-bond donors (Lipinski definition) is 0. The average Bonchev–Trinajstić information content (AvgIpc) is 3.33. The van der Waals surface area contributed by atoms with Gasteiger partial charge in [-0.2, -0.15) is 0 Å². The SMILES string of the molecule is CC(C)c1cc(C(C)C)c(-c2cc3ccccc3c3c2OCOc2c(-c4c(C(C)C)cc(C(C)C)cc4C(C)C)cc4ccccc4c2-3)c(C(C)C)c1. The summed E-state index contributed by atoms with van der Waals surface area (Å²) in [5.41, 5.74) is 15.4. The second-order valence-corrected chi connectivity index (χ2v) is 17.2. The highest BCUT2D eigenvalue weighted by Crippen LogP contribution is 2.56. The normalized spacial score (nSPS) is 13.0. The zero-order chi connectivity index (χ0) is 37.9. The molecule has 0 amide bonds. The fourth-order valence-corrected chi connectivity index (χ4v) is 8.51. The number of fused-ring (bicyclic) bond motifs is 7. The second kappa shape index (κ2) is 14.3. The van der Waals surface area contributed by atoms with Crippen LogP contribution in [-0.2, 0) is 0 Å². The molecule has 0 saturated heterocycles. The van der Waals surface area contributed by atoms with Crippen molar-refractivity contribution in [3.8, 4) is 44.9 Å². The second-order valence-electron chi connectivity index (χ2n) is 17.2. The number of benzene rings is 6. The molecule has 1 aliphatic heterocycles. The lowest BCUT2D eigenvalue weighted by atomic mass is 9.78. The fraction of sp³-hybridized carbons (Fsp3) is 0.373. The Balaban J connectivity index is 1.68. The smallest absolute Gasteiger partial charge is 0.231 e. The maximum absolute atomic E-state index is 7.00. The van der Waals surface area contributed by atoms with Gasteiger partial charge in [-0.3, -0.25) is 0 Å². The molecule has 0 unspecified atom stereocenters. The largest absolute Gasteiger partial charge is 0.456 e. The Kier molecular flexibility index (Phi) is 9.96. The van der Waals surface area contributed by atoms with Crippen LogP contribution in [-0.4, -0.2) is 6.79 Å².